The number of hydrogen-bond donors (Lipinski definition) is 1. The van der Waals surface area contributed by atoms with Crippen LogP contribution in [0.15, 0.2) is 27.4 Å². The third kappa shape index (κ3) is 2.51. The molecule has 0 radical (unpaired) electrons. The van der Waals surface area contributed by atoms with E-state index >= 15 is 0 Å². The van der Waals surface area contributed by atoms with Gasteiger partial charge in [0.25, 0.3) is 0 Å². The molecule has 1 aromatic heterocycles. The van der Waals surface area contributed by atoms with Gasteiger partial charge in [0.2, 0.25) is 0 Å². The Morgan fingerprint density at radius 1 is 1.48 bits per heavy atom. The maximum absolute atomic E-state index is 11.9. The Morgan fingerprint density at radius 3 is 2.95 bits per heavy atom. The minimum absolute atomic E-state index is 0.0910. The monoisotopic (exact) mass is 290 g/mol. The van der Waals surface area contributed by atoms with Crippen LogP contribution in [0.4, 0.5) is 0 Å². The number of hydrogen-bond acceptors (Lipinski definition) is 4. The molecule has 0 bridgehead atoms. The largest absolute Gasteiger partial charge is 0.419 e. The molecule has 3 rings (SSSR count). The third-order valence-electron chi connectivity index (χ3n) is 4.42. The van der Waals surface area contributed by atoms with Crippen LogP contribution in [0.1, 0.15) is 38.3 Å². The van der Waals surface area contributed by atoms with E-state index in [1.807, 2.05) is 25.1 Å². The van der Waals surface area contributed by atoms with E-state index in [1.165, 1.54) is 0 Å². The van der Waals surface area contributed by atoms with Crippen molar-refractivity contribution in [3.8, 4) is 0 Å². The lowest BCUT2D eigenvalue weighted by atomic mass is 9.89. The molecule has 2 heterocycles. The summed E-state index contributed by atoms with van der Waals surface area (Å²) in [5.41, 5.74) is 8.84. The van der Waals surface area contributed by atoms with Crippen molar-refractivity contribution in [1.82, 2.24) is 4.57 Å². The minimum atomic E-state index is -0.296. The van der Waals surface area contributed by atoms with Crippen molar-refractivity contribution in [1.29, 1.82) is 0 Å². The third-order valence-corrected chi connectivity index (χ3v) is 4.42. The molecular formula is C16H22N2O3. The number of nitrogens with two attached hydrogens (primary N) is 1. The van der Waals surface area contributed by atoms with Crippen molar-refractivity contribution < 1.29 is 9.15 Å². The molecule has 0 amide bonds. The summed E-state index contributed by atoms with van der Waals surface area (Å²) in [4.78, 5) is 11.9. The SMILES string of the molecule is CCCn1c(=O)oc2cc(C(N)C3CCOC3C)ccc21. The number of fused-ring (bicyclic) bond motifs is 1. The Hall–Kier alpha value is -1.59. The molecule has 1 fully saturated rings. The van der Waals surface area contributed by atoms with Crippen LogP contribution in [0.5, 0.6) is 0 Å². The summed E-state index contributed by atoms with van der Waals surface area (Å²) in [6.07, 6.45) is 2.04. The van der Waals surface area contributed by atoms with Crippen LogP contribution in [0.25, 0.3) is 11.1 Å². The minimum Gasteiger partial charge on any atom is -0.408 e. The lowest BCUT2D eigenvalue weighted by Gasteiger charge is -2.22. The predicted octanol–water partition coefficient (Wildman–Crippen LogP) is 2.43. The van der Waals surface area contributed by atoms with Gasteiger partial charge in [-0.25, -0.2) is 4.79 Å². The van der Waals surface area contributed by atoms with Crippen LogP contribution < -0.4 is 11.5 Å². The summed E-state index contributed by atoms with van der Waals surface area (Å²) in [5.74, 6) is 0.0158. The van der Waals surface area contributed by atoms with E-state index in [4.69, 9.17) is 14.9 Å². The zero-order valence-corrected chi connectivity index (χ0v) is 12.5. The van der Waals surface area contributed by atoms with Crippen molar-refractivity contribution in [3.05, 3.63) is 34.3 Å². The molecule has 0 saturated carbocycles. The van der Waals surface area contributed by atoms with Crippen LogP contribution >= 0.6 is 0 Å². The number of aryl methyl sites for hydroxylation is 1. The fourth-order valence-electron chi connectivity index (χ4n) is 3.19. The molecule has 0 aliphatic carbocycles. The van der Waals surface area contributed by atoms with Gasteiger partial charge in [0.1, 0.15) is 0 Å². The van der Waals surface area contributed by atoms with E-state index in [0.29, 0.717) is 18.0 Å². The summed E-state index contributed by atoms with van der Waals surface area (Å²) in [5, 5.41) is 0. The zero-order valence-electron chi connectivity index (χ0n) is 12.5. The first-order valence-electron chi connectivity index (χ1n) is 7.62. The highest BCUT2D eigenvalue weighted by atomic mass is 16.5. The zero-order chi connectivity index (χ0) is 15.0. The van der Waals surface area contributed by atoms with Gasteiger partial charge in [-0.2, -0.15) is 0 Å². The molecule has 3 atom stereocenters. The van der Waals surface area contributed by atoms with E-state index in [1.54, 1.807) is 4.57 Å². The van der Waals surface area contributed by atoms with Crippen LogP contribution in [0, 0.1) is 5.92 Å². The Morgan fingerprint density at radius 2 is 2.29 bits per heavy atom. The molecule has 3 unspecified atom stereocenters. The first-order chi connectivity index (χ1) is 10.1. The van der Waals surface area contributed by atoms with Crippen molar-refractivity contribution in [3.63, 3.8) is 0 Å². The number of oxazole rings is 1. The molecule has 5 heteroatoms. The summed E-state index contributed by atoms with van der Waals surface area (Å²) < 4.78 is 12.6. The molecule has 2 N–H and O–H groups in total. The van der Waals surface area contributed by atoms with Gasteiger partial charge in [-0.15, -0.1) is 0 Å². The van der Waals surface area contributed by atoms with Crippen molar-refractivity contribution in [2.24, 2.45) is 11.7 Å². The number of nitrogens with zero attached hydrogens (tertiary/aromatic N) is 1. The maximum atomic E-state index is 11.9. The van der Waals surface area contributed by atoms with E-state index < -0.39 is 0 Å². The molecule has 21 heavy (non-hydrogen) atoms. The molecule has 1 aromatic carbocycles. The average Bonchev–Trinajstić information content (AvgIpc) is 3.02. The number of benzene rings is 1. The Balaban J connectivity index is 1.96. The van der Waals surface area contributed by atoms with Gasteiger partial charge in [0, 0.05) is 25.1 Å². The second kappa shape index (κ2) is 5.66. The Kier molecular flexibility index (Phi) is 3.87. The standard InChI is InChI=1S/C16H22N2O3/c1-3-7-18-13-5-4-11(9-14(13)21-16(18)19)15(17)12-6-8-20-10(12)2/h4-5,9-10,12,15H,3,6-8,17H2,1-2H3. The van der Waals surface area contributed by atoms with Crippen molar-refractivity contribution >= 4 is 11.1 Å². The second-order valence-electron chi connectivity index (χ2n) is 5.80. The van der Waals surface area contributed by atoms with E-state index in [2.05, 4.69) is 6.92 Å². The van der Waals surface area contributed by atoms with Gasteiger partial charge < -0.3 is 14.9 Å². The number of rotatable bonds is 4. The highest BCUT2D eigenvalue weighted by Crippen LogP contribution is 2.32. The number of ether oxygens (including phenoxy) is 1. The molecule has 2 aromatic rings. The molecule has 1 aliphatic heterocycles. The van der Waals surface area contributed by atoms with Gasteiger partial charge in [0.15, 0.2) is 5.58 Å². The Labute approximate surface area is 123 Å². The first kappa shape index (κ1) is 14.4. The molecule has 5 nitrogen and oxygen atoms in total. The smallest absolute Gasteiger partial charge is 0.408 e. The Bertz CT molecular complexity index is 688. The average molecular weight is 290 g/mol. The number of aromatic nitrogens is 1. The fourth-order valence-corrected chi connectivity index (χ4v) is 3.19. The fraction of sp³-hybridized carbons (Fsp3) is 0.562. The normalized spacial score (nSPS) is 23.8. The van der Waals surface area contributed by atoms with E-state index in [0.717, 1.165) is 30.5 Å². The summed E-state index contributed by atoms with van der Waals surface area (Å²) in [7, 11) is 0. The van der Waals surface area contributed by atoms with Crippen LogP contribution in [-0.2, 0) is 11.3 Å². The van der Waals surface area contributed by atoms with Crippen LogP contribution in [-0.4, -0.2) is 17.3 Å². The topological polar surface area (TPSA) is 70.4 Å². The second-order valence-corrected chi connectivity index (χ2v) is 5.80. The molecule has 114 valence electrons. The van der Waals surface area contributed by atoms with Gasteiger partial charge in [-0.3, -0.25) is 4.57 Å². The summed E-state index contributed by atoms with van der Waals surface area (Å²) >= 11 is 0. The van der Waals surface area contributed by atoms with Gasteiger partial charge >= 0.3 is 5.76 Å². The van der Waals surface area contributed by atoms with Gasteiger partial charge in [0.05, 0.1) is 11.6 Å². The van der Waals surface area contributed by atoms with Gasteiger partial charge in [-0.1, -0.05) is 13.0 Å². The van der Waals surface area contributed by atoms with Crippen LogP contribution in [0.2, 0.25) is 0 Å². The van der Waals surface area contributed by atoms with E-state index in [-0.39, 0.29) is 17.9 Å². The molecule has 1 aliphatic rings. The summed E-state index contributed by atoms with van der Waals surface area (Å²) in [6, 6.07) is 5.75. The quantitative estimate of drug-likeness (QED) is 0.938. The van der Waals surface area contributed by atoms with Gasteiger partial charge in [-0.05, 0) is 37.5 Å². The highest BCUT2D eigenvalue weighted by Gasteiger charge is 2.30. The van der Waals surface area contributed by atoms with Crippen molar-refractivity contribution in [2.45, 2.75) is 45.4 Å². The lowest BCUT2D eigenvalue weighted by molar-refractivity contribution is 0.0995. The highest BCUT2D eigenvalue weighted by molar-refractivity contribution is 5.74. The summed E-state index contributed by atoms with van der Waals surface area (Å²) in [6.45, 7) is 5.54. The van der Waals surface area contributed by atoms with Crippen LogP contribution in [0.3, 0.4) is 0 Å². The molecule has 1 saturated heterocycles. The van der Waals surface area contributed by atoms with Crippen molar-refractivity contribution in [2.75, 3.05) is 6.61 Å². The van der Waals surface area contributed by atoms with E-state index in [9.17, 15) is 4.79 Å². The molecule has 0 spiro atoms. The first-order valence-corrected chi connectivity index (χ1v) is 7.62. The maximum Gasteiger partial charge on any atom is 0.419 e. The molecular weight excluding hydrogens is 268 g/mol. The predicted molar refractivity (Wildman–Crippen MR) is 81.2 cm³/mol. The lowest BCUT2D eigenvalue weighted by Crippen LogP contribution is -2.26.